The van der Waals surface area contributed by atoms with E-state index in [1.54, 1.807) is 11.3 Å². The molecule has 1 aliphatic rings. The molecular formula is C20H19ClN4S. The summed E-state index contributed by atoms with van der Waals surface area (Å²) in [5, 5.41) is 4.19. The van der Waals surface area contributed by atoms with Crippen molar-refractivity contribution in [3.05, 3.63) is 59.2 Å². The summed E-state index contributed by atoms with van der Waals surface area (Å²) in [6.07, 6.45) is 0. The molecule has 4 aromatic rings. The van der Waals surface area contributed by atoms with Crippen LogP contribution >= 0.6 is 22.9 Å². The molecule has 0 bridgehead atoms. The average molecular weight is 383 g/mol. The van der Waals surface area contributed by atoms with Crippen molar-refractivity contribution in [3.63, 3.8) is 0 Å². The first-order valence-corrected chi connectivity index (χ1v) is 10.1. The Labute approximate surface area is 161 Å². The maximum Gasteiger partial charge on any atom is 0.195 e. The fourth-order valence-electron chi connectivity index (χ4n) is 3.64. The molecule has 6 heteroatoms. The Morgan fingerprint density at radius 2 is 1.81 bits per heavy atom. The van der Waals surface area contributed by atoms with Crippen molar-refractivity contribution in [3.8, 4) is 11.3 Å². The number of piperazine rings is 1. The fraction of sp³-hybridized carbons (Fsp3) is 0.250. The predicted octanol–water partition coefficient (Wildman–Crippen LogP) is 4.27. The van der Waals surface area contributed by atoms with Gasteiger partial charge in [-0.2, -0.15) is 0 Å². The minimum atomic E-state index is 0.754. The van der Waals surface area contributed by atoms with E-state index < -0.39 is 0 Å². The maximum atomic E-state index is 6.09. The van der Waals surface area contributed by atoms with Gasteiger partial charge in [0.25, 0.3) is 0 Å². The quantitative estimate of drug-likeness (QED) is 0.574. The van der Waals surface area contributed by atoms with Crippen molar-refractivity contribution in [1.82, 2.24) is 19.6 Å². The molecule has 5 rings (SSSR count). The van der Waals surface area contributed by atoms with Gasteiger partial charge in [-0.1, -0.05) is 47.2 Å². The topological polar surface area (TPSA) is 32.6 Å². The summed E-state index contributed by atoms with van der Waals surface area (Å²) in [6.45, 7) is 5.12. The van der Waals surface area contributed by atoms with Crippen molar-refractivity contribution >= 4 is 38.1 Å². The first-order chi connectivity index (χ1) is 12.8. The monoisotopic (exact) mass is 382 g/mol. The Morgan fingerprint density at radius 3 is 2.62 bits per heavy atom. The lowest BCUT2D eigenvalue weighted by Gasteiger charge is -2.27. The summed E-state index contributed by atoms with van der Waals surface area (Å²) >= 11 is 7.84. The van der Waals surface area contributed by atoms with Crippen molar-refractivity contribution in [2.45, 2.75) is 6.54 Å². The van der Waals surface area contributed by atoms with E-state index in [2.05, 4.69) is 51.0 Å². The molecule has 0 atom stereocenters. The number of rotatable bonds is 3. The third kappa shape index (κ3) is 2.81. The maximum absolute atomic E-state index is 6.09. The molecule has 0 amide bonds. The van der Waals surface area contributed by atoms with E-state index in [0.29, 0.717) is 0 Å². The van der Waals surface area contributed by atoms with Gasteiger partial charge in [-0.15, -0.1) is 0 Å². The molecule has 0 radical (unpaired) electrons. The number of nitrogens with one attached hydrogen (secondary N) is 1. The van der Waals surface area contributed by atoms with Gasteiger partial charge in [0.05, 0.1) is 21.6 Å². The summed E-state index contributed by atoms with van der Waals surface area (Å²) in [4.78, 5) is 8.57. The van der Waals surface area contributed by atoms with E-state index >= 15 is 0 Å². The molecule has 1 saturated heterocycles. The Kier molecular flexibility index (Phi) is 4.17. The van der Waals surface area contributed by atoms with Gasteiger partial charge in [-0.3, -0.25) is 9.30 Å². The first-order valence-electron chi connectivity index (χ1n) is 8.87. The van der Waals surface area contributed by atoms with Gasteiger partial charge in [0.2, 0.25) is 0 Å². The Bertz CT molecular complexity index is 1060. The Hall–Kier alpha value is -1.92. The normalized spacial score (nSPS) is 15.9. The van der Waals surface area contributed by atoms with Crippen LogP contribution in [0, 0.1) is 0 Å². The van der Waals surface area contributed by atoms with E-state index in [-0.39, 0.29) is 0 Å². The van der Waals surface area contributed by atoms with Crippen LogP contribution in [-0.2, 0) is 6.54 Å². The van der Waals surface area contributed by atoms with Crippen LogP contribution < -0.4 is 5.32 Å². The highest BCUT2D eigenvalue weighted by atomic mass is 35.5. The summed E-state index contributed by atoms with van der Waals surface area (Å²) in [7, 11) is 0. The number of benzene rings is 2. The number of hydrogen-bond acceptors (Lipinski definition) is 4. The number of fused-ring (bicyclic) bond motifs is 3. The van der Waals surface area contributed by atoms with Crippen LogP contribution in [0.15, 0.2) is 48.5 Å². The van der Waals surface area contributed by atoms with E-state index in [1.807, 2.05) is 12.1 Å². The van der Waals surface area contributed by atoms with Crippen LogP contribution in [0.4, 0.5) is 0 Å². The van der Waals surface area contributed by atoms with Gasteiger partial charge in [0, 0.05) is 43.3 Å². The van der Waals surface area contributed by atoms with Crippen molar-refractivity contribution in [2.75, 3.05) is 26.2 Å². The SMILES string of the molecule is Clc1ccc(-c2nc3sc4ccccc4n3c2CN2CCNCC2)cc1. The molecule has 132 valence electrons. The number of aromatic nitrogens is 2. The third-order valence-corrected chi connectivity index (χ3v) is 6.22. The number of imidazole rings is 1. The number of nitrogens with zero attached hydrogens (tertiary/aromatic N) is 3. The molecule has 0 aliphatic carbocycles. The average Bonchev–Trinajstić information content (AvgIpc) is 3.20. The lowest BCUT2D eigenvalue weighted by Crippen LogP contribution is -2.43. The van der Waals surface area contributed by atoms with Gasteiger partial charge in [0.15, 0.2) is 4.96 Å². The predicted molar refractivity (Wildman–Crippen MR) is 109 cm³/mol. The first kappa shape index (κ1) is 16.3. The number of hydrogen-bond donors (Lipinski definition) is 1. The van der Waals surface area contributed by atoms with Crippen LogP contribution in [0.2, 0.25) is 5.02 Å². The number of thiazole rings is 1. The van der Waals surface area contributed by atoms with Gasteiger partial charge < -0.3 is 5.32 Å². The molecule has 1 fully saturated rings. The van der Waals surface area contributed by atoms with E-state index in [0.717, 1.165) is 54.0 Å². The molecule has 1 aliphatic heterocycles. The fourth-order valence-corrected chi connectivity index (χ4v) is 4.81. The molecule has 26 heavy (non-hydrogen) atoms. The lowest BCUT2D eigenvalue weighted by atomic mass is 10.1. The van der Waals surface area contributed by atoms with Gasteiger partial charge in [0.1, 0.15) is 0 Å². The summed E-state index contributed by atoms with van der Waals surface area (Å²) in [5.74, 6) is 0. The molecular weight excluding hydrogens is 364 g/mol. The van der Waals surface area contributed by atoms with Crippen molar-refractivity contribution in [1.29, 1.82) is 0 Å². The van der Waals surface area contributed by atoms with E-state index in [4.69, 9.17) is 16.6 Å². The zero-order chi connectivity index (χ0) is 17.5. The van der Waals surface area contributed by atoms with Crippen LogP contribution in [-0.4, -0.2) is 40.5 Å². The largest absolute Gasteiger partial charge is 0.314 e. The second-order valence-electron chi connectivity index (χ2n) is 6.63. The van der Waals surface area contributed by atoms with Crippen LogP contribution in [0.3, 0.4) is 0 Å². The zero-order valence-corrected chi connectivity index (χ0v) is 15.9. The minimum Gasteiger partial charge on any atom is -0.314 e. The molecule has 3 heterocycles. The van der Waals surface area contributed by atoms with Crippen LogP contribution in [0.5, 0.6) is 0 Å². The van der Waals surface area contributed by atoms with E-state index in [9.17, 15) is 0 Å². The molecule has 4 nitrogen and oxygen atoms in total. The summed E-state index contributed by atoms with van der Waals surface area (Å²) in [6, 6.07) is 16.6. The Balaban J connectivity index is 1.70. The minimum absolute atomic E-state index is 0.754. The summed E-state index contributed by atoms with van der Waals surface area (Å²) in [5.41, 5.74) is 4.70. The van der Waals surface area contributed by atoms with Gasteiger partial charge in [-0.05, 0) is 24.3 Å². The number of halogens is 1. The van der Waals surface area contributed by atoms with Crippen molar-refractivity contribution in [2.24, 2.45) is 0 Å². The molecule has 0 unspecified atom stereocenters. The third-order valence-electron chi connectivity index (χ3n) is 4.95. The number of para-hydroxylation sites is 1. The molecule has 2 aromatic carbocycles. The summed E-state index contributed by atoms with van der Waals surface area (Å²) < 4.78 is 3.62. The molecule has 1 N–H and O–H groups in total. The van der Waals surface area contributed by atoms with Gasteiger partial charge in [-0.25, -0.2) is 4.98 Å². The van der Waals surface area contributed by atoms with Crippen molar-refractivity contribution < 1.29 is 0 Å². The molecule has 2 aromatic heterocycles. The van der Waals surface area contributed by atoms with E-state index in [1.165, 1.54) is 15.9 Å². The second kappa shape index (κ2) is 6.67. The Morgan fingerprint density at radius 1 is 1.04 bits per heavy atom. The standard InChI is InChI=1S/C20H19ClN4S/c21-15-7-5-14(6-8-15)19-17(13-24-11-9-22-10-12-24)25-16-3-1-2-4-18(16)26-20(25)23-19/h1-8,22H,9-13H2. The molecule has 0 saturated carbocycles. The zero-order valence-electron chi connectivity index (χ0n) is 14.3. The van der Waals surface area contributed by atoms with Crippen LogP contribution in [0.25, 0.3) is 26.4 Å². The highest BCUT2D eigenvalue weighted by Gasteiger charge is 2.21. The highest BCUT2D eigenvalue weighted by Crippen LogP contribution is 2.34. The lowest BCUT2D eigenvalue weighted by molar-refractivity contribution is 0.231. The second-order valence-corrected chi connectivity index (χ2v) is 8.07. The smallest absolute Gasteiger partial charge is 0.195 e. The van der Waals surface area contributed by atoms with Gasteiger partial charge >= 0.3 is 0 Å². The molecule has 0 spiro atoms. The van der Waals surface area contributed by atoms with Crippen LogP contribution in [0.1, 0.15) is 5.69 Å². The highest BCUT2D eigenvalue weighted by molar-refractivity contribution is 7.23.